The van der Waals surface area contributed by atoms with Crippen LogP contribution in [-0.4, -0.2) is 79.1 Å². The lowest BCUT2D eigenvalue weighted by Gasteiger charge is -2.33. The second-order valence-corrected chi connectivity index (χ2v) is 6.39. The van der Waals surface area contributed by atoms with Crippen LogP contribution in [-0.2, 0) is 0 Å². The minimum atomic E-state index is 0.123. The summed E-state index contributed by atoms with van der Waals surface area (Å²) in [7, 11) is 0. The second-order valence-electron chi connectivity index (χ2n) is 6.39. The van der Waals surface area contributed by atoms with Crippen molar-refractivity contribution < 1.29 is 4.79 Å². The smallest absolute Gasteiger partial charge is 0.317 e. The van der Waals surface area contributed by atoms with Crippen LogP contribution in [0.5, 0.6) is 0 Å². The summed E-state index contributed by atoms with van der Waals surface area (Å²) in [6.07, 6.45) is 5.04. The average Bonchev–Trinajstić information content (AvgIpc) is 2.74. The summed E-state index contributed by atoms with van der Waals surface area (Å²) < 4.78 is 0. The van der Waals surface area contributed by atoms with Gasteiger partial charge in [0, 0.05) is 38.8 Å². The molecule has 1 N–H and O–H groups in total. The summed E-state index contributed by atoms with van der Waals surface area (Å²) in [4.78, 5) is 19.2. The molecule has 0 aliphatic carbocycles. The molecule has 0 aromatic heterocycles. The van der Waals surface area contributed by atoms with Gasteiger partial charge in [0.15, 0.2) is 0 Å². The summed E-state index contributed by atoms with van der Waals surface area (Å²) in [5.74, 6) is 0. The first-order valence-electron chi connectivity index (χ1n) is 8.70. The zero-order valence-electron chi connectivity index (χ0n) is 13.8. The fraction of sp³-hybridized carbons (Fsp3) is 0.938. The zero-order chi connectivity index (χ0) is 15.1. The molecule has 2 heterocycles. The molecule has 0 radical (unpaired) electrons. The van der Waals surface area contributed by atoms with Gasteiger partial charge in [0.25, 0.3) is 0 Å². The van der Waals surface area contributed by atoms with Crippen molar-refractivity contribution in [3.63, 3.8) is 0 Å². The minimum Gasteiger partial charge on any atom is -0.337 e. The molecule has 2 aliphatic rings. The van der Waals surface area contributed by atoms with Crippen molar-refractivity contribution in [2.75, 3.05) is 52.4 Å². The molecule has 0 spiro atoms. The van der Waals surface area contributed by atoms with Crippen molar-refractivity contribution in [1.29, 1.82) is 0 Å². The Morgan fingerprint density at radius 1 is 1.10 bits per heavy atom. The summed E-state index contributed by atoms with van der Waals surface area (Å²) in [6.45, 7) is 12.4. The van der Waals surface area contributed by atoms with E-state index in [9.17, 15) is 4.79 Å². The number of likely N-dealkylation sites (N-methyl/N-ethyl adjacent to an activating group) is 1. The van der Waals surface area contributed by atoms with Gasteiger partial charge < -0.3 is 15.1 Å². The molecule has 0 saturated carbocycles. The lowest BCUT2D eigenvalue weighted by Crippen LogP contribution is -2.46. The average molecular weight is 296 g/mol. The molecule has 0 aromatic rings. The summed E-state index contributed by atoms with van der Waals surface area (Å²) in [5, 5.41) is 3.11. The first-order valence-corrected chi connectivity index (χ1v) is 8.70. The number of nitrogens with zero attached hydrogens (tertiary/aromatic N) is 3. The number of carbonyl (C=O) groups is 1. The van der Waals surface area contributed by atoms with Crippen LogP contribution in [0.2, 0.25) is 0 Å². The highest BCUT2D eigenvalue weighted by molar-refractivity contribution is 5.74. The van der Waals surface area contributed by atoms with Crippen LogP contribution in [0.3, 0.4) is 0 Å². The predicted octanol–water partition coefficient (Wildman–Crippen LogP) is 1.60. The van der Waals surface area contributed by atoms with Crippen molar-refractivity contribution in [3.8, 4) is 0 Å². The van der Waals surface area contributed by atoms with Crippen LogP contribution in [0.1, 0.15) is 39.5 Å². The van der Waals surface area contributed by atoms with E-state index in [0.29, 0.717) is 6.04 Å². The number of amides is 2. The molecule has 0 aromatic carbocycles. The van der Waals surface area contributed by atoms with Gasteiger partial charge in [-0.05, 0) is 45.8 Å². The van der Waals surface area contributed by atoms with Crippen LogP contribution >= 0.6 is 0 Å². The van der Waals surface area contributed by atoms with E-state index in [1.807, 2.05) is 4.90 Å². The van der Waals surface area contributed by atoms with Gasteiger partial charge in [-0.2, -0.15) is 0 Å². The van der Waals surface area contributed by atoms with Gasteiger partial charge in [-0.15, -0.1) is 0 Å². The third kappa shape index (κ3) is 5.15. The van der Waals surface area contributed by atoms with Gasteiger partial charge in [0.2, 0.25) is 0 Å². The van der Waals surface area contributed by atoms with E-state index in [1.165, 1.54) is 25.8 Å². The molecule has 2 amide bonds. The maximum absolute atomic E-state index is 12.2. The van der Waals surface area contributed by atoms with Crippen LogP contribution in [0, 0.1) is 0 Å². The van der Waals surface area contributed by atoms with E-state index in [-0.39, 0.29) is 6.03 Å². The van der Waals surface area contributed by atoms with Gasteiger partial charge >= 0.3 is 6.03 Å². The fourth-order valence-corrected chi connectivity index (χ4v) is 3.40. The Kier molecular flexibility index (Phi) is 6.77. The quantitative estimate of drug-likeness (QED) is 0.856. The van der Waals surface area contributed by atoms with Gasteiger partial charge in [0.05, 0.1) is 0 Å². The van der Waals surface area contributed by atoms with Gasteiger partial charge in [0.1, 0.15) is 0 Å². The van der Waals surface area contributed by atoms with E-state index in [1.54, 1.807) is 0 Å². The SMILES string of the molecule is CCN1CCCN(C(=O)NCCN2CCCCC2C)CC1. The number of likely N-dealkylation sites (tertiary alicyclic amines) is 1. The van der Waals surface area contributed by atoms with Crippen molar-refractivity contribution in [1.82, 2.24) is 20.0 Å². The van der Waals surface area contributed by atoms with Gasteiger partial charge in [-0.1, -0.05) is 13.3 Å². The first kappa shape index (κ1) is 16.6. The lowest BCUT2D eigenvalue weighted by atomic mass is 10.0. The lowest BCUT2D eigenvalue weighted by molar-refractivity contribution is 0.158. The molecule has 1 atom stereocenters. The summed E-state index contributed by atoms with van der Waals surface area (Å²) in [6, 6.07) is 0.796. The number of urea groups is 1. The standard InChI is InChI=1S/C16H32N4O/c1-3-18-9-6-11-20(14-13-18)16(21)17-8-12-19-10-5-4-7-15(19)2/h15H,3-14H2,1-2H3,(H,17,21). The Labute approximate surface area is 129 Å². The second kappa shape index (κ2) is 8.59. The number of carbonyl (C=O) groups excluding carboxylic acids is 1. The molecule has 0 bridgehead atoms. The molecule has 2 saturated heterocycles. The highest BCUT2D eigenvalue weighted by atomic mass is 16.2. The Hall–Kier alpha value is -0.810. The molecule has 2 aliphatic heterocycles. The van der Waals surface area contributed by atoms with Crippen molar-refractivity contribution in [2.24, 2.45) is 0 Å². The molecule has 21 heavy (non-hydrogen) atoms. The Morgan fingerprint density at radius 2 is 1.95 bits per heavy atom. The minimum absolute atomic E-state index is 0.123. The summed E-state index contributed by atoms with van der Waals surface area (Å²) in [5.41, 5.74) is 0. The number of rotatable bonds is 4. The topological polar surface area (TPSA) is 38.8 Å². The molecule has 2 rings (SSSR count). The van der Waals surface area contributed by atoms with E-state index >= 15 is 0 Å². The van der Waals surface area contributed by atoms with E-state index in [2.05, 4.69) is 29.0 Å². The summed E-state index contributed by atoms with van der Waals surface area (Å²) >= 11 is 0. The van der Waals surface area contributed by atoms with Crippen LogP contribution < -0.4 is 5.32 Å². The molecule has 122 valence electrons. The highest BCUT2D eigenvalue weighted by Gasteiger charge is 2.20. The van der Waals surface area contributed by atoms with Crippen molar-refractivity contribution >= 4 is 6.03 Å². The third-order valence-corrected chi connectivity index (χ3v) is 4.94. The molecule has 1 unspecified atom stereocenters. The number of piperidine rings is 1. The van der Waals surface area contributed by atoms with Gasteiger partial charge in [-0.25, -0.2) is 4.79 Å². The fourth-order valence-electron chi connectivity index (χ4n) is 3.40. The van der Waals surface area contributed by atoms with Crippen LogP contribution in [0.15, 0.2) is 0 Å². The maximum Gasteiger partial charge on any atom is 0.317 e. The Balaban J connectivity index is 1.66. The van der Waals surface area contributed by atoms with E-state index in [0.717, 1.165) is 52.2 Å². The number of nitrogens with one attached hydrogen (secondary N) is 1. The third-order valence-electron chi connectivity index (χ3n) is 4.94. The Bertz CT molecular complexity index is 323. The highest BCUT2D eigenvalue weighted by Crippen LogP contribution is 2.15. The molecule has 5 heteroatoms. The van der Waals surface area contributed by atoms with Crippen LogP contribution in [0.4, 0.5) is 4.79 Å². The molecular weight excluding hydrogens is 264 g/mol. The first-order chi connectivity index (χ1) is 10.2. The maximum atomic E-state index is 12.2. The van der Waals surface area contributed by atoms with Gasteiger partial charge in [-0.3, -0.25) is 4.90 Å². The van der Waals surface area contributed by atoms with E-state index < -0.39 is 0 Å². The predicted molar refractivity (Wildman–Crippen MR) is 86.6 cm³/mol. The molecule has 5 nitrogen and oxygen atoms in total. The zero-order valence-corrected chi connectivity index (χ0v) is 13.8. The normalized spacial score (nSPS) is 25.6. The van der Waals surface area contributed by atoms with Crippen LogP contribution in [0.25, 0.3) is 0 Å². The number of hydrogen-bond acceptors (Lipinski definition) is 3. The largest absolute Gasteiger partial charge is 0.337 e. The Morgan fingerprint density at radius 3 is 2.71 bits per heavy atom. The van der Waals surface area contributed by atoms with Crippen molar-refractivity contribution in [3.05, 3.63) is 0 Å². The van der Waals surface area contributed by atoms with E-state index in [4.69, 9.17) is 0 Å². The monoisotopic (exact) mass is 296 g/mol. The molecular formula is C16H32N4O. The van der Waals surface area contributed by atoms with Crippen molar-refractivity contribution in [2.45, 2.75) is 45.6 Å². The number of hydrogen-bond donors (Lipinski definition) is 1. The molecule has 2 fully saturated rings.